The molecule has 2 rings (SSSR count). The van der Waals surface area contributed by atoms with Crippen LogP contribution in [0.15, 0.2) is 54.2 Å². The molecule has 4 nitrogen and oxygen atoms in total. The number of carbonyl (C=O) groups is 2. The van der Waals surface area contributed by atoms with Crippen LogP contribution in [0.4, 0.5) is 0 Å². The lowest BCUT2D eigenvalue weighted by Gasteiger charge is -2.19. The number of hydrogen-bond donors (Lipinski definition) is 1. The van der Waals surface area contributed by atoms with Gasteiger partial charge in [-0.05, 0) is 52.8 Å². The van der Waals surface area contributed by atoms with Gasteiger partial charge in [-0.1, -0.05) is 70.5 Å². The zero-order valence-electron chi connectivity index (χ0n) is 17.6. The van der Waals surface area contributed by atoms with Crippen LogP contribution in [-0.4, -0.2) is 18.5 Å². The number of ether oxygens (including phenoxy) is 1. The average Bonchev–Trinajstić information content (AvgIpc) is 2.66. The minimum Gasteiger partial charge on any atom is -0.461 e. The fourth-order valence-electron chi connectivity index (χ4n) is 2.51. The van der Waals surface area contributed by atoms with Crippen LogP contribution in [-0.2, 0) is 14.9 Å². The first-order chi connectivity index (χ1) is 13.6. The molecule has 0 saturated carbocycles. The zero-order valence-corrected chi connectivity index (χ0v) is 18.3. The molecule has 1 amide bonds. The maximum Gasteiger partial charge on any atom is 0.354 e. The van der Waals surface area contributed by atoms with Gasteiger partial charge >= 0.3 is 5.97 Å². The van der Waals surface area contributed by atoms with Crippen LogP contribution in [0.1, 0.15) is 56.1 Å². The molecule has 0 aliphatic heterocycles. The molecule has 0 aliphatic carbocycles. The molecular weight excluding hydrogens is 386 g/mol. The minimum atomic E-state index is -0.576. The number of amides is 1. The van der Waals surface area contributed by atoms with E-state index in [9.17, 15) is 9.59 Å². The first-order valence-corrected chi connectivity index (χ1v) is 10.0. The molecule has 0 saturated heterocycles. The van der Waals surface area contributed by atoms with E-state index in [2.05, 4.69) is 26.1 Å². The summed E-state index contributed by atoms with van der Waals surface area (Å²) in [5.74, 6) is -0.753. The standard InChI is InChI=1S/C24H28ClNO3/c1-16(2)15-29-23(28)21(14-17-6-12-20(25)13-7-17)26-22(27)18-8-10-19(11-9-18)24(3,4)5/h6-14,16H,15H2,1-5H3,(H,26,27). The van der Waals surface area contributed by atoms with Crippen molar-refractivity contribution >= 4 is 29.6 Å². The topological polar surface area (TPSA) is 55.4 Å². The van der Waals surface area contributed by atoms with Crippen molar-refractivity contribution in [3.05, 3.63) is 75.9 Å². The van der Waals surface area contributed by atoms with E-state index < -0.39 is 5.97 Å². The Balaban J connectivity index is 2.25. The molecule has 0 aliphatic rings. The number of carbonyl (C=O) groups excluding carboxylic acids is 2. The number of rotatable bonds is 6. The van der Waals surface area contributed by atoms with Gasteiger partial charge in [0.2, 0.25) is 0 Å². The van der Waals surface area contributed by atoms with Crippen molar-refractivity contribution in [3.63, 3.8) is 0 Å². The predicted octanol–water partition coefficient (Wildman–Crippen LogP) is 5.61. The molecule has 2 aromatic rings. The van der Waals surface area contributed by atoms with Gasteiger partial charge < -0.3 is 10.1 Å². The van der Waals surface area contributed by atoms with Crippen LogP contribution < -0.4 is 5.32 Å². The van der Waals surface area contributed by atoms with E-state index in [0.29, 0.717) is 10.6 Å². The van der Waals surface area contributed by atoms with Crippen LogP contribution in [0, 0.1) is 5.92 Å². The van der Waals surface area contributed by atoms with Gasteiger partial charge in [-0.2, -0.15) is 0 Å². The second kappa shape index (κ2) is 9.75. The van der Waals surface area contributed by atoms with Crippen molar-refractivity contribution in [1.82, 2.24) is 5.32 Å². The molecule has 0 atom stereocenters. The molecule has 0 spiro atoms. The molecule has 0 fully saturated rings. The van der Waals surface area contributed by atoms with Crippen LogP contribution in [0.5, 0.6) is 0 Å². The maximum absolute atomic E-state index is 12.7. The fraction of sp³-hybridized carbons (Fsp3) is 0.333. The molecule has 0 heterocycles. The van der Waals surface area contributed by atoms with Gasteiger partial charge in [0.05, 0.1) is 6.61 Å². The van der Waals surface area contributed by atoms with E-state index in [1.807, 2.05) is 26.0 Å². The third-order valence-electron chi connectivity index (χ3n) is 4.21. The van der Waals surface area contributed by atoms with Crippen molar-refractivity contribution in [2.45, 2.75) is 40.0 Å². The van der Waals surface area contributed by atoms with Crippen LogP contribution >= 0.6 is 11.6 Å². The Hall–Kier alpha value is -2.59. The van der Waals surface area contributed by atoms with Crippen LogP contribution in [0.2, 0.25) is 5.02 Å². The van der Waals surface area contributed by atoms with Crippen molar-refractivity contribution in [3.8, 4) is 0 Å². The maximum atomic E-state index is 12.7. The van der Waals surface area contributed by atoms with Crippen molar-refractivity contribution < 1.29 is 14.3 Å². The Labute approximate surface area is 177 Å². The highest BCUT2D eigenvalue weighted by atomic mass is 35.5. The molecule has 1 N–H and O–H groups in total. The fourth-order valence-corrected chi connectivity index (χ4v) is 2.63. The summed E-state index contributed by atoms with van der Waals surface area (Å²) < 4.78 is 5.31. The van der Waals surface area contributed by atoms with Crippen molar-refractivity contribution in [2.24, 2.45) is 5.92 Å². The summed E-state index contributed by atoms with van der Waals surface area (Å²) in [7, 11) is 0. The Bertz CT molecular complexity index is 876. The first kappa shape index (κ1) is 22.7. The highest BCUT2D eigenvalue weighted by molar-refractivity contribution is 6.30. The molecule has 2 aromatic carbocycles. The normalized spacial score (nSPS) is 12.0. The summed E-state index contributed by atoms with van der Waals surface area (Å²) in [5.41, 5.74) is 2.40. The Morgan fingerprint density at radius 3 is 2.14 bits per heavy atom. The van der Waals surface area contributed by atoms with E-state index in [1.165, 1.54) is 0 Å². The third kappa shape index (κ3) is 7.06. The third-order valence-corrected chi connectivity index (χ3v) is 4.46. The molecule has 154 valence electrons. The van der Waals surface area contributed by atoms with Gasteiger partial charge in [-0.15, -0.1) is 0 Å². The number of esters is 1. The second-order valence-corrected chi connectivity index (χ2v) is 8.82. The van der Waals surface area contributed by atoms with E-state index >= 15 is 0 Å². The minimum absolute atomic E-state index is 0.00466. The smallest absolute Gasteiger partial charge is 0.354 e. The molecular formula is C24H28ClNO3. The van der Waals surface area contributed by atoms with E-state index in [-0.39, 0.29) is 29.5 Å². The lowest BCUT2D eigenvalue weighted by atomic mass is 9.87. The number of nitrogens with one attached hydrogen (secondary N) is 1. The molecule has 0 bridgehead atoms. The Morgan fingerprint density at radius 2 is 1.62 bits per heavy atom. The molecule has 29 heavy (non-hydrogen) atoms. The van der Waals surface area contributed by atoms with Gasteiger partial charge in [0.25, 0.3) is 5.91 Å². The number of benzene rings is 2. The summed E-state index contributed by atoms with van der Waals surface area (Å²) in [6, 6.07) is 14.3. The quantitative estimate of drug-likeness (QED) is 0.494. The number of halogens is 1. The van der Waals surface area contributed by atoms with Crippen molar-refractivity contribution in [2.75, 3.05) is 6.61 Å². The van der Waals surface area contributed by atoms with Gasteiger partial charge in [0.15, 0.2) is 0 Å². The van der Waals surface area contributed by atoms with Crippen LogP contribution in [0.25, 0.3) is 6.08 Å². The highest BCUT2D eigenvalue weighted by Crippen LogP contribution is 2.22. The average molecular weight is 414 g/mol. The lowest BCUT2D eigenvalue weighted by Crippen LogP contribution is -2.29. The predicted molar refractivity (Wildman–Crippen MR) is 118 cm³/mol. The van der Waals surface area contributed by atoms with Crippen LogP contribution in [0.3, 0.4) is 0 Å². The van der Waals surface area contributed by atoms with Crippen molar-refractivity contribution in [1.29, 1.82) is 0 Å². The lowest BCUT2D eigenvalue weighted by molar-refractivity contribution is -0.140. The van der Waals surface area contributed by atoms with Gasteiger partial charge in [-0.25, -0.2) is 4.79 Å². The largest absolute Gasteiger partial charge is 0.461 e. The summed E-state index contributed by atoms with van der Waals surface area (Å²) in [6.45, 7) is 10.5. The zero-order chi connectivity index (χ0) is 21.6. The highest BCUT2D eigenvalue weighted by Gasteiger charge is 2.18. The molecule has 5 heteroatoms. The Kier molecular flexibility index (Phi) is 7.63. The summed E-state index contributed by atoms with van der Waals surface area (Å²) in [6.07, 6.45) is 1.58. The second-order valence-electron chi connectivity index (χ2n) is 8.38. The summed E-state index contributed by atoms with van der Waals surface area (Å²) in [5, 5.41) is 3.28. The summed E-state index contributed by atoms with van der Waals surface area (Å²) in [4.78, 5) is 25.3. The Morgan fingerprint density at radius 1 is 1.03 bits per heavy atom. The molecule has 0 unspecified atom stereocenters. The summed E-state index contributed by atoms with van der Waals surface area (Å²) >= 11 is 5.92. The van der Waals surface area contributed by atoms with E-state index in [0.717, 1.165) is 11.1 Å². The van der Waals surface area contributed by atoms with E-state index in [4.69, 9.17) is 16.3 Å². The van der Waals surface area contributed by atoms with E-state index in [1.54, 1.807) is 42.5 Å². The first-order valence-electron chi connectivity index (χ1n) is 9.62. The van der Waals surface area contributed by atoms with Gasteiger partial charge in [0.1, 0.15) is 5.70 Å². The number of hydrogen-bond acceptors (Lipinski definition) is 3. The van der Waals surface area contributed by atoms with Gasteiger partial charge in [-0.3, -0.25) is 4.79 Å². The molecule has 0 aromatic heterocycles. The molecule has 0 radical (unpaired) electrons. The van der Waals surface area contributed by atoms with Gasteiger partial charge in [0, 0.05) is 10.6 Å². The monoisotopic (exact) mass is 413 g/mol. The SMILES string of the molecule is CC(C)COC(=O)C(=Cc1ccc(Cl)cc1)NC(=O)c1ccc(C(C)(C)C)cc1.